The maximum absolute atomic E-state index is 12.8. The Morgan fingerprint density at radius 1 is 0.500 bits per heavy atom. The standard InChI is InChI=1S/C54H93NO7/c1-6-8-10-12-14-16-18-20-22-23-24-25-26-27-28-29-31-32-34-36-38-40-42-44-52(56)61-49-50(48-60-47-46-51(54(58)59)55(3,4)5)62-53(57)45-43-41-39-37-35-33-30-21-19-17-15-13-11-9-7-2/h8,10,14,16-17,19-20,22,24-25,27-28,50-51H,6-7,9,11-13,15,18,21,23,26,29-49H2,1-5H3/p+1/b10-8+,16-14+,19-17+,22-20+,25-24+,28-27+. The summed E-state index contributed by atoms with van der Waals surface area (Å²) in [5.74, 6) is -1.49. The monoisotopic (exact) mass is 869 g/mol. The molecule has 62 heavy (non-hydrogen) atoms. The summed E-state index contributed by atoms with van der Waals surface area (Å²) < 4.78 is 17.3. The molecule has 2 atom stereocenters. The van der Waals surface area contributed by atoms with Crippen molar-refractivity contribution in [3.8, 4) is 0 Å². The molecule has 0 saturated heterocycles. The van der Waals surface area contributed by atoms with Crippen molar-refractivity contribution < 1.29 is 38.2 Å². The second-order valence-corrected chi connectivity index (χ2v) is 17.7. The van der Waals surface area contributed by atoms with Gasteiger partial charge < -0.3 is 23.8 Å². The van der Waals surface area contributed by atoms with Crippen LogP contribution in [-0.4, -0.2) is 80.6 Å². The van der Waals surface area contributed by atoms with Crippen molar-refractivity contribution >= 4 is 17.9 Å². The number of nitrogens with zero attached hydrogens (tertiary/aromatic N) is 1. The van der Waals surface area contributed by atoms with Crippen LogP contribution in [0, 0.1) is 0 Å². The second kappa shape index (κ2) is 44.4. The van der Waals surface area contributed by atoms with Crippen LogP contribution in [0.3, 0.4) is 0 Å². The molecule has 0 aromatic heterocycles. The third kappa shape index (κ3) is 42.1. The molecule has 2 unspecified atom stereocenters. The van der Waals surface area contributed by atoms with E-state index < -0.39 is 18.1 Å². The lowest BCUT2D eigenvalue weighted by atomic mass is 10.1. The number of carboxylic acids is 1. The molecule has 0 radical (unpaired) electrons. The number of rotatable bonds is 44. The van der Waals surface area contributed by atoms with Gasteiger partial charge in [0.25, 0.3) is 0 Å². The Hall–Kier alpha value is -3.23. The first kappa shape index (κ1) is 58.8. The van der Waals surface area contributed by atoms with E-state index in [-0.39, 0.29) is 36.2 Å². The highest BCUT2D eigenvalue weighted by Gasteiger charge is 2.31. The smallest absolute Gasteiger partial charge is 0.362 e. The molecule has 0 aliphatic heterocycles. The van der Waals surface area contributed by atoms with Crippen LogP contribution in [0.5, 0.6) is 0 Å². The van der Waals surface area contributed by atoms with Crippen LogP contribution in [0.2, 0.25) is 0 Å². The Morgan fingerprint density at radius 2 is 0.903 bits per heavy atom. The normalized spacial score (nSPS) is 13.5. The number of unbranched alkanes of at least 4 members (excludes halogenated alkanes) is 18. The molecule has 0 aromatic carbocycles. The maximum Gasteiger partial charge on any atom is 0.362 e. The molecular weight excluding hydrogens is 775 g/mol. The van der Waals surface area contributed by atoms with Crippen molar-refractivity contribution in [2.75, 3.05) is 41.0 Å². The molecule has 0 aromatic rings. The summed E-state index contributed by atoms with van der Waals surface area (Å²) in [7, 11) is 5.52. The first-order valence-electron chi connectivity index (χ1n) is 25.0. The lowest BCUT2D eigenvalue weighted by Gasteiger charge is -2.31. The molecule has 1 N–H and O–H groups in total. The zero-order chi connectivity index (χ0) is 45.6. The van der Waals surface area contributed by atoms with Crippen molar-refractivity contribution in [3.63, 3.8) is 0 Å². The van der Waals surface area contributed by atoms with E-state index in [0.29, 0.717) is 19.3 Å². The van der Waals surface area contributed by atoms with E-state index in [4.69, 9.17) is 14.2 Å². The van der Waals surface area contributed by atoms with Crippen LogP contribution in [0.15, 0.2) is 72.9 Å². The van der Waals surface area contributed by atoms with Crippen LogP contribution in [0.1, 0.15) is 200 Å². The summed E-state index contributed by atoms with van der Waals surface area (Å²) >= 11 is 0. The Balaban J connectivity index is 4.28. The summed E-state index contributed by atoms with van der Waals surface area (Å²) in [6.45, 7) is 4.60. The van der Waals surface area contributed by atoms with Gasteiger partial charge in [0.2, 0.25) is 0 Å². The van der Waals surface area contributed by atoms with Gasteiger partial charge >= 0.3 is 17.9 Å². The number of carbonyl (C=O) groups excluding carboxylic acids is 2. The van der Waals surface area contributed by atoms with Gasteiger partial charge in [-0.3, -0.25) is 9.59 Å². The lowest BCUT2D eigenvalue weighted by Crippen LogP contribution is -2.50. The lowest BCUT2D eigenvalue weighted by molar-refractivity contribution is -0.887. The number of allylic oxidation sites excluding steroid dienone is 12. The van der Waals surface area contributed by atoms with E-state index in [1.165, 1.54) is 89.9 Å². The van der Waals surface area contributed by atoms with Crippen LogP contribution < -0.4 is 0 Å². The van der Waals surface area contributed by atoms with Gasteiger partial charge in [0.05, 0.1) is 34.4 Å². The fourth-order valence-corrected chi connectivity index (χ4v) is 6.99. The van der Waals surface area contributed by atoms with E-state index in [2.05, 4.69) is 86.8 Å². The number of esters is 2. The molecule has 0 spiro atoms. The fraction of sp³-hybridized carbons (Fsp3) is 0.722. The highest BCUT2D eigenvalue weighted by molar-refractivity contribution is 5.72. The number of likely N-dealkylation sites (N-methyl/N-ethyl adjacent to an activating group) is 1. The molecule has 0 heterocycles. The predicted octanol–water partition coefficient (Wildman–Crippen LogP) is 14.3. The highest BCUT2D eigenvalue weighted by atomic mass is 16.6. The van der Waals surface area contributed by atoms with Gasteiger partial charge in [-0.1, -0.05) is 170 Å². The molecule has 0 fully saturated rings. The zero-order valence-corrected chi connectivity index (χ0v) is 40.6. The first-order chi connectivity index (χ1) is 30.1. The molecule has 0 amide bonds. The van der Waals surface area contributed by atoms with Gasteiger partial charge in [0, 0.05) is 19.3 Å². The quantitative estimate of drug-likeness (QED) is 0.0282. The fourth-order valence-electron chi connectivity index (χ4n) is 6.99. The summed E-state index contributed by atoms with van der Waals surface area (Å²) in [6, 6.07) is -0.620. The first-order valence-corrected chi connectivity index (χ1v) is 25.0. The van der Waals surface area contributed by atoms with E-state index in [1.54, 1.807) is 0 Å². The van der Waals surface area contributed by atoms with Crippen molar-refractivity contribution in [3.05, 3.63) is 72.9 Å². The predicted molar refractivity (Wildman–Crippen MR) is 261 cm³/mol. The number of carboxylic acid groups (broad SMARTS) is 1. The van der Waals surface area contributed by atoms with Crippen molar-refractivity contribution in [1.29, 1.82) is 0 Å². The van der Waals surface area contributed by atoms with Crippen LogP contribution in [0.4, 0.5) is 0 Å². The molecule has 0 saturated carbocycles. The van der Waals surface area contributed by atoms with E-state index in [0.717, 1.165) is 77.0 Å². The zero-order valence-electron chi connectivity index (χ0n) is 40.6. The van der Waals surface area contributed by atoms with Crippen LogP contribution in [0.25, 0.3) is 0 Å². The molecule has 8 heteroatoms. The summed E-state index contributed by atoms with van der Waals surface area (Å²) in [5, 5.41) is 9.64. The molecule has 0 bridgehead atoms. The molecule has 0 aliphatic rings. The summed E-state index contributed by atoms with van der Waals surface area (Å²) in [4.78, 5) is 37.1. The van der Waals surface area contributed by atoms with Crippen molar-refractivity contribution in [2.45, 2.75) is 212 Å². The van der Waals surface area contributed by atoms with Gasteiger partial charge in [-0.25, -0.2) is 4.79 Å². The van der Waals surface area contributed by atoms with Gasteiger partial charge in [0.1, 0.15) is 6.61 Å². The van der Waals surface area contributed by atoms with E-state index >= 15 is 0 Å². The molecule has 356 valence electrons. The third-order valence-electron chi connectivity index (χ3n) is 10.8. The number of quaternary nitrogens is 1. The van der Waals surface area contributed by atoms with Crippen LogP contribution >= 0.6 is 0 Å². The molecule has 0 aliphatic carbocycles. The number of carbonyl (C=O) groups is 3. The van der Waals surface area contributed by atoms with Crippen molar-refractivity contribution in [1.82, 2.24) is 0 Å². The molecule has 8 nitrogen and oxygen atoms in total. The van der Waals surface area contributed by atoms with E-state index in [9.17, 15) is 19.5 Å². The minimum atomic E-state index is -0.879. The van der Waals surface area contributed by atoms with Gasteiger partial charge in [-0.15, -0.1) is 0 Å². The van der Waals surface area contributed by atoms with Crippen LogP contribution in [-0.2, 0) is 28.6 Å². The number of ether oxygens (including phenoxy) is 3. The second-order valence-electron chi connectivity index (χ2n) is 17.7. The Bertz CT molecular complexity index is 1240. The Morgan fingerprint density at radius 3 is 1.35 bits per heavy atom. The Kier molecular flexibility index (Phi) is 42.1. The van der Waals surface area contributed by atoms with Gasteiger partial charge in [-0.2, -0.15) is 0 Å². The van der Waals surface area contributed by atoms with Crippen molar-refractivity contribution in [2.24, 2.45) is 0 Å². The van der Waals surface area contributed by atoms with Gasteiger partial charge in [-0.05, 0) is 83.5 Å². The average Bonchev–Trinajstić information content (AvgIpc) is 3.23. The largest absolute Gasteiger partial charge is 0.477 e. The summed E-state index contributed by atoms with van der Waals surface area (Å²) in [5.41, 5.74) is 0. The minimum Gasteiger partial charge on any atom is -0.477 e. The number of hydrogen-bond acceptors (Lipinski definition) is 6. The SMILES string of the molecule is CC/C=C/C/C=C/C/C=C/C/C=C/C/C=C/CCCCCCCCCC(=O)OCC(COCCC(C(=O)O)[N+](C)(C)C)OC(=O)CCCCCCCCC/C=C/CCCCCC. The third-order valence-corrected chi connectivity index (χ3v) is 10.8. The van der Waals surface area contributed by atoms with Gasteiger partial charge in [0.15, 0.2) is 12.1 Å². The molecular formula is C54H94NO7+. The summed E-state index contributed by atoms with van der Waals surface area (Å²) in [6.07, 6.45) is 56.6. The number of aliphatic carboxylic acids is 1. The molecule has 0 rings (SSSR count). The maximum atomic E-state index is 12.8. The highest BCUT2D eigenvalue weighted by Crippen LogP contribution is 2.14. The number of hydrogen-bond donors (Lipinski definition) is 1. The van der Waals surface area contributed by atoms with E-state index in [1.807, 2.05) is 21.1 Å². The topological polar surface area (TPSA) is 99.1 Å². The minimum absolute atomic E-state index is 0.0532. The average molecular weight is 869 g/mol. The Labute approximate surface area is 381 Å².